The summed E-state index contributed by atoms with van der Waals surface area (Å²) in [5.41, 5.74) is 1.11. The van der Waals surface area contributed by atoms with Gasteiger partial charge >= 0.3 is 0 Å². The van der Waals surface area contributed by atoms with Gasteiger partial charge in [-0.2, -0.15) is 0 Å². The van der Waals surface area contributed by atoms with Crippen molar-refractivity contribution in [2.45, 2.75) is 45.1 Å². The first-order valence-corrected chi connectivity index (χ1v) is 11.5. The molecule has 1 atom stereocenters. The van der Waals surface area contributed by atoms with Gasteiger partial charge in [-0.25, -0.2) is 4.68 Å². The van der Waals surface area contributed by atoms with Crippen LogP contribution in [0.2, 0.25) is 0 Å². The number of H-pyrrole nitrogens is 1. The van der Waals surface area contributed by atoms with Gasteiger partial charge in [-0.1, -0.05) is 0 Å². The van der Waals surface area contributed by atoms with E-state index in [1.807, 2.05) is 24.3 Å². The Morgan fingerprint density at radius 2 is 2.03 bits per heavy atom. The summed E-state index contributed by atoms with van der Waals surface area (Å²) in [5, 5.41) is 13.1. The highest BCUT2D eigenvalue weighted by Gasteiger charge is 2.21. The van der Waals surface area contributed by atoms with Crippen LogP contribution in [0.25, 0.3) is 10.9 Å². The number of aromatic nitrogens is 5. The quantitative estimate of drug-likeness (QED) is 0.365. The van der Waals surface area contributed by atoms with Gasteiger partial charge in [-0.3, -0.25) is 9.69 Å². The first-order valence-electron chi connectivity index (χ1n) is 11.5. The summed E-state index contributed by atoms with van der Waals surface area (Å²) in [5.74, 6) is 2.64. The first-order chi connectivity index (χ1) is 17.1. The Labute approximate surface area is 201 Å². The van der Waals surface area contributed by atoms with Crippen molar-refractivity contribution >= 4 is 10.9 Å². The Balaban J connectivity index is 1.42. The largest absolute Gasteiger partial charge is 0.493 e. The van der Waals surface area contributed by atoms with Crippen LogP contribution in [0, 0.1) is 0 Å². The molecule has 3 aromatic heterocycles. The normalized spacial score (nSPS) is 15.8. The van der Waals surface area contributed by atoms with Crippen LogP contribution >= 0.6 is 0 Å². The monoisotopic (exact) mass is 480 g/mol. The number of methoxy groups -OCH3 is 2. The molecule has 11 heteroatoms. The molecule has 0 spiro atoms. The van der Waals surface area contributed by atoms with Crippen molar-refractivity contribution in [3.63, 3.8) is 0 Å². The molecule has 1 aliphatic rings. The van der Waals surface area contributed by atoms with Crippen LogP contribution in [0.4, 0.5) is 0 Å². The van der Waals surface area contributed by atoms with Gasteiger partial charge in [0.25, 0.3) is 5.56 Å². The van der Waals surface area contributed by atoms with Crippen LogP contribution in [0.5, 0.6) is 11.5 Å². The molecule has 0 amide bonds. The second-order valence-electron chi connectivity index (χ2n) is 8.55. The van der Waals surface area contributed by atoms with Crippen LogP contribution in [0.15, 0.2) is 45.8 Å². The highest BCUT2D eigenvalue weighted by molar-refractivity contribution is 5.83. The Kier molecular flexibility index (Phi) is 6.77. The van der Waals surface area contributed by atoms with Gasteiger partial charge in [-0.15, -0.1) is 5.10 Å². The van der Waals surface area contributed by atoms with Gasteiger partial charge in [0, 0.05) is 30.2 Å². The molecule has 0 saturated carbocycles. The van der Waals surface area contributed by atoms with Gasteiger partial charge in [-0.05, 0) is 47.5 Å². The van der Waals surface area contributed by atoms with Crippen molar-refractivity contribution in [2.24, 2.45) is 0 Å². The number of nitrogens with zero attached hydrogens (tertiary/aromatic N) is 5. The molecule has 184 valence electrons. The van der Waals surface area contributed by atoms with E-state index < -0.39 is 0 Å². The highest BCUT2D eigenvalue weighted by atomic mass is 16.5. The Morgan fingerprint density at radius 1 is 1.17 bits per heavy atom. The molecule has 1 saturated heterocycles. The molecular weight excluding hydrogens is 452 g/mol. The molecule has 5 rings (SSSR count). The molecule has 0 aliphatic carbocycles. The molecule has 4 aromatic rings. The third-order valence-corrected chi connectivity index (χ3v) is 6.15. The second kappa shape index (κ2) is 10.3. The zero-order valence-corrected chi connectivity index (χ0v) is 19.8. The first kappa shape index (κ1) is 23.1. The van der Waals surface area contributed by atoms with Gasteiger partial charge in [0.05, 0.1) is 51.7 Å². The van der Waals surface area contributed by atoms with Crippen LogP contribution in [-0.4, -0.2) is 57.0 Å². The van der Waals surface area contributed by atoms with E-state index in [9.17, 15) is 4.79 Å². The summed E-state index contributed by atoms with van der Waals surface area (Å²) >= 11 is 0. The van der Waals surface area contributed by atoms with Crippen molar-refractivity contribution in [1.82, 2.24) is 30.1 Å². The topological polar surface area (TPSA) is 121 Å². The van der Waals surface area contributed by atoms with E-state index in [4.69, 9.17) is 18.6 Å². The van der Waals surface area contributed by atoms with Crippen LogP contribution in [-0.2, 0) is 30.9 Å². The lowest BCUT2D eigenvalue weighted by Crippen LogP contribution is -2.28. The fourth-order valence-corrected chi connectivity index (χ4v) is 4.39. The summed E-state index contributed by atoms with van der Waals surface area (Å²) < 4.78 is 23.9. The Bertz CT molecular complexity index is 1330. The minimum Gasteiger partial charge on any atom is -0.493 e. The lowest BCUT2D eigenvalue weighted by atomic mass is 10.1. The third kappa shape index (κ3) is 5.20. The standard InChI is InChI=1S/C24H28N6O5/c1-32-21-10-16-9-17(24(31)25-20(16)11-22(21)33-2)12-29(13-18-5-3-7-34-18)15-23-26-27-28-30(23)14-19-6-4-8-35-19/h3,5,7,9-11,19H,4,6,8,12-15H2,1-2H3,(H,25,31)/t19-/m0/s1. The van der Waals surface area contributed by atoms with E-state index in [1.54, 1.807) is 31.2 Å². The molecule has 1 aliphatic heterocycles. The summed E-state index contributed by atoms with van der Waals surface area (Å²) in [6.45, 7) is 2.67. The number of nitrogens with one attached hydrogen (secondary N) is 1. The van der Waals surface area contributed by atoms with Crippen LogP contribution in [0.3, 0.4) is 0 Å². The number of rotatable bonds is 10. The number of benzene rings is 1. The van der Waals surface area contributed by atoms with E-state index in [2.05, 4.69) is 25.4 Å². The molecule has 0 bridgehead atoms. The molecule has 35 heavy (non-hydrogen) atoms. The average molecular weight is 481 g/mol. The maximum absolute atomic E-state index is 13.0. The van der Waals surface area contributed by atoms with Gasteiger partial charge < -0.3 is 23.6 Å². The van der Waals surface area contributed by atoms with Gasteiger partial charge in [0.1, 0.15) is 5.76 Å². The van der Waals surface area contributed by atoms with E-state index in [0.717, 1.165) is 30.6 Å². The fraction of sp³-hybridized carbons (Fsp3) is 0.417. The number of pyridine rings is 1. The van der Waals surface area contributed by atoms with Crippen molar-refractivity contribution in [2.75, 3.05) is 20.8 Å². The molecule has 0 radical (unpaired) electrons. The predicted octanol–water partition coefficient (Wildman–Crippen LogP) is 2.51. The fourth-order valence-electron chi connectivity index (χ4n) is 4.39. The Morgan fingerprint density at radius 3 is 2.77 bits per heavy atom. The smallest absolute Gasteiger partial charge is 0.252 e. The number of ether oxygens (including phenoxy) is 3. The summed E-state index contributed by atoms with van der Waals surface area (Å²) in [7, 11) is 3.15. The van der Waals surface area contributed by atoms with Crippen LogP contribution < -0.4 is 15.0 Å². The molecule has 4 heterocycles. The summed E-state index contributed by atoms with van der Waals surface area (Å²) in [6.07, 6.45) is 3.80. The van der Waals surface area contributed by atoms with E-state index >= 15 is 0 Å². The SMILES string of the molecule is COc1cc2cc(CN(Cc3ccco3)Cc3nnnn3C[C@@H]3CCCO3)c(=O)[nH]c2cc1OC. The minimum absolute atomic E-state index is 0.117. The molecule has 0 unspecified atom stereocenters. The van der Waals surface area contributed by atoms with Crippen LogP contribution in [0.1, 0.15) is 30.0 Å². The molecular formula is C24H28N6O5. The van der Waals surface area contributed by atoms with Crippen molar-refractivity contribution < 1.29 is 18.6 Å². The van der Waals surface area contributed by atoms with Crippen molar-refractivity contribution in [1.29, 1.82) is 0 Å². The maximum Gasteiger partial charge on any atom is 0.252 e. The van der Waals surface area contributed by atoms with E-state index in [0.29, 0.717) is 54.6 Å². The minimum atomic E-state index is -0.173. The zero-order chi connectivity index (χ0) is 24.2. The van der Waals surface area contributed by atoms with Crippen molar-refractivity contribution in [3.05, 3.63) is 64.1 Å². The second-order valence-corrected chi connectivity index (χ2v) is 8.55. The van der Waals surface area contributed by atoms with E-state index in [-0.39, 0.29) is 11.7 Å². The lowest BCUT2D eigenvalue weighted by molar-refractivity contribution is 0.0913. The molecule has 1 fully saturated rings. The molecule has 1 aromatic carbocycles. The maximum atomic E-state index is 13.0. The number of aromatic amines is 1. The zero-order valence-electron chi connectivity index (χ0n) is 19.8. The molecule has 11 nitrogen and oxygen atoms in total. The highest BCUT2D eigenvalue weighted by Crippen LogP contribution is 2.31. The predicted molar refractivity (Wildman–Crippen MR) is 126 cm³/mol. The lowest BCUT2D eigenvalue weighted by Gasteiger charge is -2.21. The third-order valence-electron chi connectivity index (χ3n) is 6.15. The average Bonchev–Trinajstić information content (AvgIpc) is 3.64. The van der Waals surface area contributed by atoms with E-state index in [1.165, 1.54) is 0 Å². The number of tetrazole rings is 1. The molecule has 1 N–H and O–H groups in total. The number of hydrogen-bond acceptors (Lipinski definition) is 9. The van der Waals surface area contributed by atoms with Crippen molar-refractivity contribution in [3.8, 4) is 11.5 Å². The van der Waals surface area contributed by atoms with Gasteiger partial charge in [0.15, 0.2) is 17.3 Å². The van der Waals surface area contributed by atoms with Gasteiger partial charge in [0.2, 0.25) is 0 Å². The Hall–Kier alpha value is -3.70. The number of furan rings is 1. The number of hydrogen-bond donors (Lipinski definition) is 1. The number of fused-ring (bicyclic) bond motifs is 1. The summed E-state index contributed by atoms with van der Waals surface area (Å²) in [4.78, 5) is 18.0. The summed E-state index contributed by atoms with van der Waals surface area (Å²) in [6, 6.07) is 9.24.